The van der Waals surface area contributed by atoms with Crippen LogP contribution in [0.2, 0.25) is 0 Å². The third-order valence-corrected chi connectivity index (χ3v) is 4.93. The van der Waals surface area contributed by atoms with Crippen LogP contribution in [-0.4, -0.2) is 45.2 Å². The first-order valence-corrected chi connectivity index (χ1v) is 9.30. The lowest BCUT2D eigenvalue weighted by Crippen LogP contribution is -2.33. The number of carbonyl (C=O) groups excluding carboxylic acids is 1. The van der Waals surface area contributed by atoms with Crippen molar-refractivity contribution in [3.8, 4) is 5.75 Å². The zero-order chi connectivity index (χ0) is 21.8. The maximum Gasteiger partial charge on any atom is 0.405 e. The van der Waals surface area contributed by atoms with Crippen LogP contribution in [0.3, 0.4) is 0 Å². The van der Waals surface area contributed by atoms with Gasteiger partial charge in [-0.2, -0.15) is 13.2 Å². The average Bonchev–Trinajstić information content (AvgIpc) is 2.64. The third-order valence-electron chi connectivity index (χ3n) is 3.53. The Morgan fingerprint density at radius 2 is 1.79 bits per heavy atom. The van der Waals surface area contributed by atoms with Crippen LogP contribution in [0.4, 0.5) is 18.9 Å². The van der Waals surface area contributed by atoms with Gasteiger partial charge in [0.2, 0.25) is 0 Å². The Balaban J connectivity index is 2.31. The molecule has 12 heteroatoms. The van der Waals surface area contributed by atoms with Gasteiger partial charge in [0.05, 0.1) is 12.7 Å². The van der Waals surface area contributed by atoms with E-state index in [2.05, 4.69) is 4.72 Å². The van der Waals surface area contributed by atoms with Crippen molar-refractivity contribution in [3.05, 3.63) is 53.6 Å². The fraction of sp³-hybridized carbons (Fsp3) is 0.176. The normalized spacial score (nSPS) is 11.6. The molecule has 1 amide bonds. The minimum Gasteiger partial charge on any atom is -0.495 e. The maximum atomic E-state index is 12.7. The number of halogens is 3. The lowest BCUT2D eigenvalue weighted by molar-refractivity contribution is -0.123. The standard InChI is InChI=1S/C17H15F3N2O6S/c1-28-13-6-5-11(16(24)25)8-14(13)29(26,27)22-12-4-2-3-10(7-12)15(23)21-9-17(18,19)20/h2-8,22H,9H2,1H3,(H,21,23)(H,24,25). The number of carboxylic acid groups (broad SMARTS) is 1. The van der Waals surface area contributed by atoms with Crippen LogP contribution in [0.25, 0.3) is 0 Å². The smallest absolute Gasteiger partial charge is 0.405 e. The van der Waals surface area contributed by atoms with Crippen molar-refractivity contribution in [2.45, 2.75) is 11.1 Å². The molecular formula is C17H15F3N2O6S. The summed E-state index contributed by atoms with van der Waals surface area (Å²) in [5, 5.41) is 10.7. The molecule has 0 aliphatic carbocycles. The molecule has 0 radical (unpaired) electrons. The SMILES string of the molecule is COc1ccc(C(=O)O)cc1S(=O)(=O)Nc1cccc(C(=O)NCC(F)(F)F)c1. The molecule has 2 rings (SSSR count). The van der Waals surface area contributed by atoms with Gasteiger partial charge in [0.1, 0.15) is 17.2 Å². The topological polar surface area (TPSA) is 122 Å². The zero-order valence-corrected chi connectivity index (χ0v) is 15.6. The number of amides is 1. The summed E-state index contributed by atoms with van der Waals surface area (Å²) in [5.41, 5.74) is -0.625. The van der Waals surface area contributed by atoms with E-state index in [0.29, 0.717) is 0 Å². The van der Waals surface area contributed by atoms with Gasteiger partial charge in [0.15, 0.2) is 0 Å². The maximum absolute atomic E-state index is 12.7. The Kier molecular flexibility index (Phi) is 6.37. The number of rotatable bonds is 7. The third kappa shape index (κ3) is 5.85. The Hall–Kier alpha value is -3.28. The molecule has 2 aromatic rings. The first kappa shape index (κ1) is 22.0. The lowest BCUT2D eigenvalue weighted by atomic mass is 10.2. The molecular weight excluding hydrogens is 417 g/mol. The second kappa shape index (κ2) is 8.39. The molecule has 156 valence electrons. The largest absolute Gasteiger partial charge is 0.495 e. The number of hydrogen-bond donors (Lipinski definition) is 3. The predicted molar refractivity (Wildman–Crippen MR) is 95.6 cm³/mol. The minimum absolute atomic E-state index is 0.118. The molecule has 0 bridgehead atoms. The van der Waals surface area contributed by atoms with Gasteiger partial charge < -0.3 is 15.2 Å². The number of hydrogen-bond acceptors (Lipinski definition) is 5. The fourth-order valence-corrected chi connectivity index (χ4v) is 3.48. The summed E-state index contributed by atoms with van der Waals surface area (Å²) in [6.07, 6.45) is -4.60. The van der Waals surface area contributed by atoms with Gasteiger partial charge in [-0.05, 0) is 36.4 Å². The first-order chi connectivity index (χ1) is 13.4. The van der Waals surface area contributed by atoms with Crippen LogP contribution >= 0.6 is 0 Å². The van der Waals surface area contributed by atoms with Gasteiger partial charge in [-0.1, -0.05) is 6.07 Å². The molecule has 0 spiro atoms. The second-order valence-electron chi connectivity index (χ2n) is 5.65. The van der Waals surface area contributed by atoms with Crippen molar-refractivity contribution in [1.82, 2.24) is 5.32 Å². The van der Waals surface area contributed by atoms with Gasteiger partial charge in [0.25, 0.3) is 15.9 Å². The van der Waals surface area contributed by atoms with Gasteiger partial charge in [-0.3, -0.25) is 9.52 Å². The number of anilines is 1. The van der Waals surface area contributed by atoms with Crippen LogP contribution < -0.4 is 14.8 Å². The summed E-state index contributed by atoms with van der Waals surface area (Å²) in [6, 6.07) is 8.00. The van der Waals surface area contributed by atoms with Crippen molar-refractivity contribution < 1.29 is 41.0 Å². The van der Waals surface area contributed by atoms with E-state index >= 15 is 0 Å². The second-order valence-corrected chi connectivity index (χ2v) is 7.31. The zero-order valence-electron chi connectivity index (χ0n) is 14.8. The molecule has 0 heterocycles. The van der Waals surface area contributed by atoms with Crippen LogP contribution in [0, 0.1) is 0 Å². The van der Waals surface area contributed by atoms with Crippen molar-refractivity contribution in [1.29, 1.82) is 0 Å². The number of carboxylic acids is 1. The Labute approximate surface area is 163 Å². The Morgan fingerprint density at radius 1 is 1.10 bits per heavy atom. The van der Waals surface area contributed by atoms with Gasteiger partial charge in [0, 0.05) is 11.3 Å². The van der Waals surface area contributed by atoms with E-state index in [9.17, 15) is 31.2 Å². The summed E-state index contributed by atoms with van der Waals surface area (Å²) in [4.78, 5) is 22.5. The number of ether oxygens (including phenoxy) is 1. The number of aromatic carboxylic acids is 1. The number of benzene rings is 2. The Morgan fingerprint density at radius 3 is 2.38 bits per heavy atom. The molecule has 0 aliphatic rings. The highest BCUT2D eigenvalue weighted by molar-refractivity contribution is 7.92. The Bertz CT molecular complexity index is 1040. The van der Waals surface area contributed by atoms with Crippen molar-refractivity contribution in [3.63, 3.8) is 0 Å². The molecule has 8 nitrogen and oxygen atoms in total. The summed E-state index contributed by atoms with van der Waals surface area (Å²) < 4.78 is 69.1. The summed E-state index contributed by atoms with van der Waals surface area (Å²) in [5.74, 6) is -2.53. The van der Waals surface area contributed by atoms with E-state index in [1.165, 1.54) is 31.4 Å². The molecule has 0 unspecified atom stereocenters. The molecule has 0 saturated carbocycles. The van der Waals surface area contributed by atoms with Gasteiger partial charge in [-0.25, -0.2) is 13.2 Å². The van der Waals surface area contributed by atoms with E-state index in [1.807, 2.05) is 0 Å². The predicted octanol–water partition coefficient (Wildman–Crippen LogP) is 2.49. The van der Waals surface area contributed by atoms with E-state index in [0.717, 1.165) is 18.2 Å². The summed E-state index contributed by atoms with van der Waals surface area (Å²) in [7, 11) is -3.15. The van der Waals surface area contributed by atoms with Crippen molar-refractivity contribution in [2.24, 2.45) is 0 Å². The lowest BCUT2D eigenvalue weighted by Gasteiger charge is -2.13. The fourth-order valence-electron chi connectivity index (χ4n) is 2.24. The highest BCUT2D eigenvalue weighted by Crippen LogP contribution is 2.27. The highest BCUT2D eigenvalue weighted by atomic mass is 32.2. The number of methoxy groups -OCH3 is 1. The number of alkyl halides is 3. The van der Waals surface area contributed by atoms with E-state index in [1.54, 1.807) is 5.32 Å². The average molecular weight is 432 g/mol. The molecule has 3 N–H and O–H groups in total. The number of sulfonamides is 1. The molecule has 0 aliphatic heterocycles. The molecule has 29 heavy (non-hydrogen) atoms. The molecule has 0 atom stereocenters. The molecule has 0 aromatic heterocycles. The van der Waals surface area contributed by atoms with Gasteiger partial charge >= 0.3 is 12.1 Å². The molecule has 0 fully saturated rings. The van der Waals surface area contributed by atoms with Crippen molar-refractivity contribution >= 4 is 27.6 Å². The number of nitrogens with one attached hydrogen (secondary N) is 2. The summed E-state index contributed by atoms with van der Waals surface area (Å²) >= 11 is 0. The quantitative estimate of drug-likeness (QED) is 0.618. The molecule has 2 aromatic carbocycles. The van der Waals surface area contributed by atoms with Crippen LogP contribution in [-0.2, 0) is 10.0 Å². The summed E-state index contributed by atoms with van der Waals surface area (Å²) in [6.45, 7) is -1.54. The monoisotopic (exact) mass is 432 g/mol. The highest BCUT2D eigenvalue weighted by Gasteiger charge is 2.28. The van der Waals surface area contributed by atoms with E-state index in [4.69, 9.17) is 9.84 Å². The van der Waals surface area contributed by atoms with E-state index < -0.39 is 39.5 Å². The van der Waals surface area contributed by atoms with Crippen LogP contribution in [0.5, 0.6) is 5.75 Å². The molecule has 0 saturated heterocycles. The number of carbonyl (C=O) groups is 2. The minimum atomic E-state index is -4.60. The first-order valence-electron chi connectivity index (χ1n) is 7.82. The van der Waals surface area contributed by atoms with Crippen molar-refractivity contribution in [2.75, 3.05) is 18.4 Å². The van der Waals surface area contributed by atoms with Crippen LogP contribution in [0.15, 0.2) is 47.4 Å². The van der Waals surface area contributed by atoms with E-state index in [-0.39, 0.29) is 22.6 Å². The van der Waals surface area contributed by atoms with Crippen LogP contribution in [0.1, 0.15) is 20.7 Å². The van der Waals surface area contributed by atoms with Gasteiger partial charge in [-0.15, -0.1) is 0 Å².